The second-order valence-electron chi connectivity index (χ2n) is 6.16. The summed E-state index contributed by atoms with van der Waals surface area (Å²) in [5.74, 6) is 0.454. The molecule has 0 aromatic heterocycles. The molecule has 2 rings (SSSR count). The molecule has 0 radical (unpaired) electrons. The lowest BCUT2D eigenvalue weighted by Gasteiger charge is -2.34. The second-order valence-corrected chi connectivity index (χ2v) is 8.09. The smallest absolute Gasteiger partial charge is 0.251 e. The van der Waals surface area contributed by atoms with Crippen LogP contribution in [0.3, 0.4) is 0 Å². The Balaban J connectivity index is 2.29. The molecule has 1 fully saturated rings. The quantitative estimate of drug-likeness (QED) is 0.922. The number of amides is 1. The maximum Gasteiger partial charge on any atom is 0.251 e. The summed E-state index contributed by atoms with van der Waals surface area (Å²) in [5.41, 5.74) is 0.376. The van der Waals surface area contributed by atoms with Crippen molar-refractivity contribution in [2.45, 2.75) is 32.1 Å². The first kappa shape index (κ1) is 17.0. The normalized spacial score (nSPS) is 23.2. The highest BCUT2D eigenvalue weighted by molar-refractivity contribution is 7.89. The predicted octanol–water partition coefficient (Wildman–Crippen LogP) is 2.10. The van der Waals surface area contributed by atoms with Gasteiger partial charge in [0.25, 0.3) is 5.91 Å². The zero-order chi connectivity index (χ0) is 16.3. The fourth-order valence-corrected chi connectivity index (χ4v) is 4.74. The van der Waals surface area contributed by atoms with Crippen molar-refractivity contribution in [3.05, 3.63) is 29.8 Å². The zero-order valence-electron chi connectivity index (χ0n) is 13.4. The SMILES string of the molecule is CCNC(=O)c1cccc(S(=O)(=O)N2CC(C)CC(C)C2)c1. The molecule has 5 nitrogen and oxygen atoms in total. The summed E-state index contributed by atoms with van der Waals surface area (Å²) in [5, 5.41) is 2.69. The van der Waals surface area contributed by atoms with Gasteiger partial charge in [0.05, 0.1) is 4.90 Å². The number of nitrogens with one attached hydrogen (secondary N) is 1. The van der Waals surface area contributed by atoms with E-state index in [-0.39, 0.29) is 10.8 Å². The van der Waals surface area contributed by atoms with Crippen LogP contribution in [-0.4, -0.2) is 38.3 Å². The van der Waals surface area contributed by atoms with Crippen molar-refractivity contribution in [3.8, 4) is 0 Å². The molecule has 1 aromatic carbocycles. The van der Waals surface area contributed by atoms with Gasteiger partial charge in [-0.15, -0.1) is 0 Å². The van der Waals surface area contributed by atoms with Crippen LogP contribution in [0.1, 0.15) is 37.6 Å². The maximum atomic E-state index is 12.8. The van der Waals surface area contributed by atoms with Crippen LogP contribution in [0.2, 0.25) is 0 Å². The Morgan fingerprint density at radius 1 is 1.27 bits per heavy atom. The Kier molecular flexibility index (Phi) is 5.24. The van der Waals surface area contributed by atoms with E-state index in [0.29, 0.717) is 37.0 Å². The van der Waals surface area contributed by atoms with Gasteiger partial charge in [-0.05, 0) is 43.4 Å². The molecule has 0 bridgehead atoms. The summed E-state index contributed by atoms with van der Waals surface area (Å²) < 4.78 is 27.2. The number of carbonyl (C=O) groups is 1. The maximum absolute atomic E-state index is 12.8. The first-order valence-corrected chi connectivity index (χ1v) is 9.17. The van der Waals surface area contributed by atoms with E-state index in [1.807, 2.05) is 6.92 Å². The molecule has 2 unspecified atom stereocenters. The lowest BCUT2D eigenvalue weighted by atomic mass is 9.94. The Morgan fingerprint density at radius 2 is 1.91 bits per heavy atom. The van der Waals surface area contributed by atoms with Gasteiger partial charge in [-0.2, -0.15) is 4.31 Å². The van der Waals surface area contributed by atoms with Crippen molar-refractivity contribution < 1.29 is 13.2 Å². The van der Waals surface area contributed by atoms with Gasteiger partial charge in [-0.3, -0.25) is 4.79 Å². The van der Waals surface area contributed by atoms with Crippen molar-refractivity contribution >= 4 is 15.9 Å². The molecule has 6 heteroatoms. The van der Waals surface area contributed by atoms with Crippen molar-refractivity contribution in [1.29, 1.82) is 0 Å². The van der Waals surface area contributed by atoms with Crippen LogP contribution in [0.25, 0.3) is 0 Å². The van der Waals surface area contributed by atoms with Gasteiger partial charge in [0.1, 0.15) is 0 Å². The molecule has 1 amide bonds. The largest absolute Gasteiger partial charge is 0.352 e. The highest BCUT2D eigenvalue weighted by Gasteiger charge is 2.31. The first-order valence-electron chi connectivity index (χ1n) is 7.73. The minimum absolute atomic E-state index is 0.192. The van der Waals surface area contributed by atoms with Gasteiger partial charge in [0, 0.05) is 25.2 Å². The Labute approximate surface area is 132 Å². The van der Waals surface area contributed by atoms with Gasteiger partial charge in [0.15, 0.2) is 0 Å². The number of nitrogens with zero attached hydrogens (tertiary/aromatic N) is 1. The van der Waals surface area contributed by atoms with Crippen LogP contribution in [0, 0.1) is 11.8 Å². The topological polar surface area (TPSA) is 66.5 Å². The third kappa shape index (κ3) is 3.67. The van der Waals surface area contributed by atoms with Crippen LogP contribution in [0.15, 0.2) is 29.2 Å². The number of sulfonamides is 1. The average Bonchev–Trinajstić information content (AvgIpc) is 2.46. The third-order valence-electron chi connectivity index (χ3n) is 3.91. The van der Waals surface area contributed by atoms with Crippen LogP contribution in [0.5, 0.6) is 0 Å². The Morgan fingerprint density at radius 3 is 2.50 bits per heavy atom. The molecular weight excluding hydrogens is 300 g/mol. The summed E-state index contributed by atoms with van der Waals surface area (Å²) >= 11 is 0. The summed E-state index contributed by atoms with van der Waals surface area (Å²) in [6.07, 6.45) is 1.05. The van der Waals surface area contributed by atoms with E-state index in [1.165, 1.54) is 6.07 Å². The van der Waals surface area contributed by atoms with Crippen LogP contribution < -0.4 is 5.32 Å². The molecule has 1 aliphatic heterocycles. The van der Waals surface area contributed by atoms with E-state index in [0.717, 1.165) is 6.42 Å². The number of rotatable bonds is 4. The van der Waals surface area contributed by atoms with Crippen LogP contribution >= 0.6 is 0 Å². The van der Waals surface area contributed by atoms with Gasteiger partial charge >= 0.3 is 0 Å². The number of benzene rings is 1. The predicted molar refractivity (Wildman–Crippen MR) is 86.2 cm³/mol. The van der Waals surface area contributed by atoms with Gasteiger partial charge in [0.2, 0.25) is 10.0 Å². The van der Waals surface area contributed by atoms with E-state index < -0.39 is 10.0 Å². The molecule has 0 spiro atoms. The van der Waals surface area contributed by atoms with Crippen LogP contribution in [-0.2, 0) is 10.0 Å². The molecule has 22 heavy (non-hydrogen) atoms. The summed E-state index contributed by atoms with van der Waals surface area (Å²) in [6, 6.07) is 6.27. The second kappa shape index (κ2) is 6.79. The molecule has 1 aliphatic rings. The Hall–Kier alpha value is -1.40. The van der Waals surface area contributed by atoms with Crippen molar-refractivity contribution in [1.82, 2.24) is 9.62 Å². The molecule has 1 heterocycles. The first-order chi connectivity index (χ1) is 10.3. The highest BCUT2D eigenvalue weighted by atomic mass is 32.2. The van der Waals surface area contributed by atoms with Gasteiger partial charge in [-0.25, -0.2) is 8.42 Å². The third-order valence-corrected chi connectivity index (χ3v) is 5.73. The number of hydrogen-bond donors (Lipinski definition) is 1. The van der Waals surface area contributed by atoms with Gasteiger partial charge in [-0.1, -0.05) is 19.9 Å². The van der Waals surface area contributed by atoms with E-state index in [4.69, 9.17) is 0 Å². The molecule has 2 atom stereocenters. The molecule has 1 saturated heterocycles. The lowest BCUT2D eigenvalue weighted by molar-refractivity contribution is 0.0955. The minimum Gasteiger partial charge on any atom is -0.352 e. The Bertz CT molecular complexity index is 633. The fourth-order valence-electron chi connectivity index (χ4n) is 3.01. The molecule has 0 aliphatic carbocycles. The molecule has 1 N–H and O–H groups in total. The number of hydrogen-bond acceptors (Lipinski definition) is 3. The van der Waals surface area contributed by atoms with Crippen LogP contribution in [0.4, 0.5) is 0 Å². The van der Waals surface area contributed by atoms with Crippen molar-refractivity contribution in [2.24, 2.45) is 11.8 Å². The molecule has 0 saturated carbocycles. The van der Waals surface area contributed by atoms with E-state index in [1.54, 1.807) is 22.5 Å². The standard InChI is InChI=1S/C16H24N2O3S/c1-4-17-16(19)14-6-5-7-15(9-14)22(20,21)18-10-12(2)8-13(3)11-18/h5-7,9,12-13H,4,8,10-11H2,1-3H3,(H,17,19). The highest BCUT2D eigenvalue weighted by Crippen LogP contribution is 2.26. The number of carbonyl (C=O) groups excluding carboxylic acids is 1. The summed E-state index contributed by atoms with van der Waals surface area (Å²) in [6.45, 7) is 7.56. The van der Waals surface area contributed by atoms with E-state index in [2.05, 4.69) is 19.2 Å². The molecular formula is C16H24N2O3S. The molecule has 122 valence electrons. The van der Waals surface area contributed by atoms with Crippen molar-refractivity contribution in [3.63, 3.8) is 0 Å². The molecule has 1 aromatic rings. The fraction of sp³-hybridized carbons (Fsp3) is 0.562. The summed E-state index contributed by atoms with van der Waals surface area (Å²) in [4.78, 5) is 12.1. The zero-order valence-corrected chi connectivity index (χ0v) is 14.2. The number of piperidine rings is 1. The minimum atomic E-state index is -3.55. The average molecular weight is 324 g/mol. The monoisotopic (exact) mass is 324 g/mol. The van der Waals surface area contributed by atoms with Crippen molar-refractivity contribution in [2.75, 3.05) is 19.6 Å². The summed E-state index contributed by atoms with van der Waals surface area (Å²) in [7, 11) is -3.55. The van der Waals surface area contributed by atoms with E-state index >= 15 is 0 Å². The lowest BCUT2D eigenvalue weighted by Crippen LogP contribution is -2.42. The van der Waals surface area contributed by atoms with E-state index in [9.17, 15) is 13.2 Å². The van der Waals surface area contributed by atoms with Gasteiger partial charge < -0.3 is 5.32 Å².